The lowest BCUT2D eigenvalue weighted by atomic mass is 10.2. The number of nitrogens with one attached hydrogen (secondary N) is 1. The molecule has 3 heteroatoms. The fourth-order valence-corrected chi connectivity index (χ4v) is 0.882. The van der Waals surface area contributed by atoms with Crippen LogP contribution in [0.15, 0.2) is 12.4 Å². The molecular formula is C9H15N3. The number of aromatic nitrogens is 2. The highest BCUT2D eigenvalue weighted by Crippen LogP contribution is 2.06. The van der Waals surface area contributed by atoms with Gasteiger partial charge in [0.2, 0.25) is 0 Å². The molecule has 0 amide bonds. The molecule has 1 heterocycles. The van der Waals surface area contributed by atoms with Gasteiger partial charge in [0.25, 0.3) is 0 Å². The first-order chi connectivity index (χ1) is 5.70. The minimum atomic E-state index is 0.631. The van der Waals surface area contributed by atoms with E-state index in [-0.39, 0.29) is 0 Å². The molecule has 0 bridgehead atoms. The van der Waals surface area contributed by atoms with Crippen molar-refractivity contribution in [3.63, 3.8) is 0 Å². The van der Waals surface area contributed by atoms with E-state index in [9.17, 15) is 0 Å². The summed E-state index contributed by atoms with van der Waals surface area (Å²) in [6.07, 6.45) is 3.41. The van der Waals surface area contributed by atoms with Gasteiger partial charge in [-0.3, -0.25) is 4.98 Å². The molecule has 0 unspecified atom stereocenters. The highest BCUT2D eigenvalue weighted by atomic mass is 15.0. The van der Waals surface area contributed by atoms with Gasteiger partial charge in [0.15, 0.2) is 0 Å². The van der Waals surface area contributed by atoms with Crippen molar-refractivity contribution in [1.29, 1.82) is 0 Å². The quantitative estimate of drug-likeness (QED) is 0.742. The van der Waals surface area contributed by atoms with Gasteiger partial charge in [-0.05, 0) is 12.8 Å². The van der Waals surface area contributed by atoms with Gasteiger partial charge in [-0.15, -0.1) is 0 Å². The standard InChI is InChI=1S/C9H15N3/c1-7(2)6-12-9-8(3)10-4-5-11-9/h4-5,7H,6H2,1-3H3,(H,11,12). The van der Waals surface area contributed by atoms with Gasteiger partial charge in [-0.2, -0.15) is 0 Å². The number of nitrogens with zero attached hydrogens (tertiary/aromatic N) is 2. The van der Waals surface area contributed by atoms with Crippen LogP contribution in [0.3, 0.4) is 0 Å². The van der Waals surface area contributed by atoms with E-state index in [2.05, 4.69) is 29.1 Å². The van der Waals surface area contributed by atoms with Crippen LogP contribution in [0.1, 0.15) is 19.5 Å². The summed E-state index contributed by atoms with van der Waals surface area (Å²) in [7, 11) is 0. The first-order valence-corrected chi connectivity index (χ1v) is 4.21. The monoisotopic (exact) mass is 165 g/mol. The van der Waals surface area contributed by atoms with Gasteiger partial charge in [-0.1, -0.05) is 13.8 Å². The molecule has 1 aromatic heterocycles. The fourth-order valence-electron chi connectivity index (χ4n) is 0.882. The smallest absolute Gasteiger partial charge is 0.147 e. The van der Waals surface area contributed by atoms with Crippen LogP contribution < -0.4 is 5.32 Å². The van der Waals surface area contributed by atoms with Crippen molar-refractivity contribution < 1.29 is 0 Å². The van der Waals surface area contributed by atoms with Gasteiger partial charge in [0, 0.05) is 18.9 Å². The molecule has 0 aliphatic heterocycles. The molecule has 0 fully saturated rings. The molecule has 0 saturated heterocycles. The van der Waals surface area contributed by atoms with Crippen molar-refractivity contribution in [2.45, 2.75) is 20.8 Å². The Morgan fingerprint density at radius 1 is 1.33 bits per heavy atom. The van der Waals surface area contributed by atoms with Crippen molar-refractivity contribution in [2.75, 3.05) is 11.9 Å². The molecule has 0 aliphatic carbocycles. The maximum atomic E-state index is 4.18. The Morgan fingerprint density at radius 2 is 2.00 bits per heavy atom. The largest absolute Gasteiger partial charge is 0.368 e. The maximum absolute atomic E-state index is 4.18. The van der Waals surface area contributed by atoms with E-state index in [1.807, 2.05) is 6.92 Å². The third-order valence-corrected chi connectivity index (χ3v) is 1.56. The molecule has 0 atom stereocenters. The van der Waals surface area contributed by atoms with Crippen LogP contribution >= 0.6 is 0 Å². The predicted octanol–water partition coefficient (Wildman–Crippen LogP) is 1.85. The van der Waals surface area contributed by atoms with Crippen molar-refractivity contribution in [2.24, 2.45) is 5.92 Å². The maximum Gasteiger partial charge on any atom is 0.147 e. The number of hydrogen-bond donors (Lipinski definition) is 1. The van der Waals surface area contributed by atoms with Gasteiger partial charge in [0.05, 0.1) is 5.69 Å². The number of aryl methyl sites for hydroxylation is 1. The van der Waals surface area contributed by atoms with Crippen LogP contribution in [-0.4, -0.2) is 16.5 Å². The molecule has 0 saturated carbocycles. The average molecular weight is 165 g/mol. The van der Waals surface area contributed by atoms with Crippen molar-refractivity contribution in [3.05, 3.63) is 18.1 Å². The first kappa shape index (κ1) is 8.97. The Balaban J connectivity index is 2.57. The highest BCUT2D eigenvalue weighted by molar-refractivity contribution is 5.37. The second-order valence-electron chi connectivity index (χ2n) is 3.27. The zero-order valence-corrected chi connectivity index (χ0v) is 7.83. The summed E-state index contributed by atoms with van der Waals surface area (Å²) in [5.41, 5.74) is 0.957. The Hall–Kier alpha value is -1.12. The van der Waals surface area contributed by atoms with Crippen LogP contribution in [0.2, 0.25) is 0 Å². The molecule has 3 nitrogen and oxygen atoms in total. The molecule has 1 aromatic rings. The van der Waals surface area contributed by atoms with E-state index in [1.165, 1.54) is 0 Å². The van der Waals surface area contributed by atoms with E-state index in [0.29, 0.717) is 5.92 Å². The lowest BCUT2D eigenvalue weighted by Gasteiger charge is -2.08. The topological polar surface area (TPSA) is 37.8 Å². The number of rotatable bonds is 3. The van der Waals surface area contributed by atoms with Crippen LogP contribution in [-0.2, 0) is 0 Å². The van der Waals surface area contributed by atoms with Crippen molar-refractivity contribution in [3.8, 4) is 0 Å². The zero-order chi connectivity index (χ0) is 8.97. The minimum absolute atomic E-state index is 0.631. The molecule has 1 N–H and O–H groups in total. The second kappa shape index (κ2) is 4.04. The van der Waals surface area contributed by atoms with E-state index >= 15 is 0 Å². The fraction of sp³-hybridized carbons (Fsp3) is 0.556. The van der Waals surface area contributed by atoms with Crippen molar-refractivity contribution in [1.82, 2.24) is 9.97 Å². The third-order valence-electron chi connectivity index (χ3n) is 1.56. The number of anilines is 1. The molecule has 12 heavy (non-hydrogen) atoms. The van der Waals surface area contributed by atoms with E-state index in [0.717, 1.165) is 18.1 Å². The van der Waals surface area contributed by atoms with Crippen LogP contribution in [0, 0.1) is 12.8 Å². The summed E-state index contributed by atoms with van der Waals surface area (Å²) < 4.78 is 0. The van der Waals surface area contributed by atoms with E-state index in [1.54, 1.807) is 12.4 Å². The highest BCUT2D eigenvalue weighted by Gasteiger charge is 1.99. The lowest BCUT2D eigenvalue weighted by molar-refractivity contribution is 0.686. The summed E-state index contributed by atoms with van der Waals surface area (Å²) in [5, 5.41) is 3.24. The predicted molar refractivity (Wildman–Crippen MR) is 50.1 cm³/mol. The SMILES string of the molecule is Cc1nccnc1NCC(C)C. The molecular weight excluding hydrogens is 150 g/mol. The Morgan fingerprint density at radius 3 is 2.58 bits per heavy atom. The normalized spacial score (nSPS) is 10.3. The third kappa shape index (κ3) is 2.49. The summed E-state index contributed by atoms with van der Waals surface area (Å²) in [6.45, 7) is 7.23. The van der Waals surface area contributed by atoms with Gasteiger partial charge in [-0.25, -0.2) is 4.98 Å². The minimum Gasteiger partial charge on any atom is -0.368 e. The lowest BCUT2D eigenvalue weighted by Crippen LogP contribution is -2.10. The molecule has 1 rings (SSSR count). The van der Waals surface area contributed by atoms with Crippen LogP contribution in [0.25, 0.3) is 0 Å². The van der Waals surface area contributed by atoms with Crippen molar-refractivity contribution >= 4 is 5.82 Å². The van der Waals surface area contributed by atoms with E-state index in [4.69, 9.17) is 0 Å². The van der Waals surface area contributed by atoms with Gasteiger partial charge in [0.1, 0.15) is 5.82 Å². The van der Waals surface area contributed by atoms with E-state index < -0.39 is 0 Å². The summed E-state index contributed by atoms with van der Waals surface area (Å²) in [5.74, 6) is 1.53. The molecule has 66 valence electrons. The average Bonchev–Trinajstić information content (AvgIpc) is 2.03. The Bertz CT molecular complexity index is 245. The molecule has 0 aromatic carbocycles. The summed E-state index contributed by atoms with van der Waals surface area (Å²) >= 11 is 0. The molecule has 0 aliphatic rings. The molecule has 0 radical (unpaired) electrons. The summed E-state index contributed by atoms with van der Waals surface area (Å²) in [6, 6.07) is 0. The van der Waals surface area contributed by atoms with Crippen LogP contribution in [0.4, 0.5) is 5.82 Å². The van der Waals surface area contributed by atoms with Gasteiger partial charge < -0.3 is 5.32 Å². The Kier molecular flexibility index (Phi) is 3.02. The first-order valence-electron chi connectivity index (χ1n) is 4.21. The Labute approximate surface area is 73.2 Å². The van der Waals surface area contributed by atoms with Gasteiger partial charge >= 0.3 is 0 Å². The number of hydrogen-bond acceptors (Lipinski definition) is 3. The summed E-state index contributed by atoms with van der Waals surface area (Å²) in [4.78, 5) is 8.31. The van der Waals surface area contributed by atoms with Crippen LogP contribution in [0.5, 0.6) is 0 Å². The molecule has 0 spiro atoms. The zero-order valence-electron chi connectivity index (χ0n) is 7.83. The second-order valence-corrected chi connectivity index (χ2v) is 3.27.